The van der Waals surface area contributed by atoms with E-state index in [1.807, 2.05) is 23.1 Å². The maximum absolute atomic E-state index is 12.5. The fourth-order valence-corrected chi connectivity index (χ4v) is 4.56. The summed E-state index contributed by atoms with van der Waals surface area (Å²) in [5.74, 6) is -0.0567. The lowest BCUT2D eigenvalue weighted by Gasteiger charge is -2.36. The molecule has 0 radical (unpaired) electrons. The van der Waals surface area contributed by atoms with E-state index in [0.717, 1.165) is 19.3 Å². The Morgan fingerprint density at radius 2 is 1.86 bits per heavy atom. The van der Waals surface area contributed by atoms with Crippen molar-refractivity contribution >= 4 is 34.7 Å². The second-order valence-corrected chi connectivity index (χ2v) is 8.30. The molecule has 1 saturated heterocycles. The Morgan fingerprint density at radius 1 is 1.14 bits per heavy atom. The van der Waals surface area contributed by atoms with Crippen LogP contribution in [0.4, 0.5) is 4.79 Å². The number of rotatable bonds is 9. The van der Waals surface area contributed by atoms with Gasteiger partial charge in [-0.15, -0.1) is 0 Å². The number of carbonyl (C=O) groups excluding carboxylic acids is 3. The van der Waals surface area contributed by atoms with Gasteiger partial charge in [0.2, 0.25) is 0 Å². The van der Waals surface area contributed by atoms with E-state index < -0.39 is 18.2 Å². The van der Waals surface area contributed by atoms with Crippen LogP contribution < -0.4 is 5.32 Å². The number of amidine groups is 1. The highest BCUT2D eigenvalue weighted by atomic mass is 32.2. The van der Waals surface area contributed by atoms with Gasteiger partial charge in [0.15, 0.2) is 23.2 Å². The number of ketones is 1. The molecule has 0 aromatic heterocycles. The van der Waals surface area contributed by atoms with Crippen LogP contribution in [0.5, 0.6) is 0 Å². The zero-order valence-corrected chi connectivity index (χ0v) is 17.8. The van der Waals surface area contributed by atoms with Crippen molar-refractivity contribution in [3.63, 3.8) is 0 Å². The topological polar surface area (TPSA) is 82.1 Å². The third kappa shape index (κ3) is 4.98. The molecular formula is C21H28N4O3S. The van der Waals surface area contributed by atoms with Crippen molar-refractivity contribution in [1.82, 2.24) is 15.1 Å². The van der Waals surface area contributed by atoms with Crippen LogP contribution in [-0.2, 0) is 4.79 Å². The summed E-state index contributed by atoms with van der Waals surface area (Å²) in [6.07, 6.45) is 5.02. The molecule has 2 heterocycles. The second-order valence-electron chi connectivity index (χ2n) is 7.36. The molecule has 2 aliphatic rings. The van der Waals surface area contributed by atoms with Gasteiger partial charge in [0.25, 0.3) is 5.91 Å². The number of amides is 3. The molecule has 0 spiro atoms. The summed E-state index contributed by atoms with van der Waals surface area (Å²) in [5.41, 5.74) is 0.659. The fourth-order valence-electron chi connectivity index (χ4n) is 3.58. The van der Waals surface area contributed by atoms with Gasteiger partial charge in [-0.25, -0.2) is 9.79 Å². The number of unbranched alkanes of at least 4 members (excludes halogenated alkanes) is 4. The predicted octanol–water partition coefficient (Wildman–Crippen LogP) is 3.12. The van der Waals surface area contributed by atoms with E-state index >= 15 is 0 Å². The van der Waals surface area contributed by atoms with Gasteiger partial charge < -0.3 is 9.80 Å². The highest BCUT2D eigenvalue weighted by Crippen LogP contribution is 2.29. The minimum absolute atomic E-state index is 0.0185. The molecular weight excluding hydrogens is 388 g/mol. The van der Waals surface area contributed by atoms with Gasteiger partial charge in [-0.2, -0.15) is 0 Å². The Morgan fingerprint density at radius 3 is 2.59 bits per heavy atom. The number of likely N-dealkylation sites (N-methyl/N-ethyl adjacent to an activating group) is 1. The molecule has 29 heavy (non-hydrogen) atoms. The molecule has 3 rings (SSSR count). The van der Waals surface area contributed by atoms with E-state index in [1.165, 1.54) is 29.5 Å². The molecule has 1 aromatic rings. The highest BCUT2D eigenvalue weighted by molar-refractivity contribution is 8.14. The molecule has 0 aliphatic carbocycles. The quantitative estimate of drug-likeness (QED) is 0.494. The van der Waals surface area contributed by atoms with Gasteiger partial charge in [-0.05, 0) is 6.42 Å². The number of Topliss-reactive ketones (excluding diaryl/α,β-unsaturated/α-hetero) is 1. The predicted molar refractivity (Wildman–Crippen MR) is 115 cm³/mol. The number of carbonyl (C=O) groups is 3. The minimum atomic E-state index is -0.541. The standard InChI is InChI=1S/C21H28N4O3S/c1-3-4-5-6-10-13-25-17-18(24(2)20(28)23-19(17)27)22-21(25)29-14-16(26)15-11-8-7-9-12-15/h7-9,11-12,17-18H,3-6,10,13-14H2,1-2H3,(H,23,27,28). The average Bonchev–Trinajstić information content (AvgIpc) is 3.10. The van der Waals surface area contributed by atoms with Crippen molar-refractivity contribution in [3.8, 4) is 0 Å². The van der Waals surface area contributed by atoms with Crippen LogP contribution in [0.15, 0.2) is 35.3 Å². The molecule has 2 atom stereocenters. The number of fused-ring (bicyclic) bond motifs is 1. The van der Waals surface area contributed by atoms with E-state index in [0.29, 0.717) is 17.3 Å². The first-order chi connectivity index (χ1) is 14.0. The summed E-state index contributed by atoms with van der Waals surface area (Å²) in [7, 11) is 1.64. The lowest BCUT2D eigenvalue weighted by molar-refractivity contribution is -0.127. The zero-order chi connectivity index (χ0) is 20.8. The summed E-state index contributed by atoms with van der Waals surface area (Å²) in [5, 5.41) is 3.07. The first kappa shape index (κ1) is 21.4. The SMILES string of the molecule is CCCCCCCN1C(SCC(=O)c2ccccc2)=NC2C1C(=O)NC(=O)N2C. The van der Waals surface area contributed by atoms with E-state index in [4.69, 9.17) is 0 Å². The summed E-state index contributed by atoms with van der Waals surface area (Å²) >= 11 is 1.34. The Labute approximate surface area is 175 Å². The third-order valence-electron chi connectivity index (χ3n) is 5.25. The molecule has 2 aliphatic heterocycles. The van der Waals surface area contributed by atoms with Crippen molar-refractivity contribution in [2.45, 2.75) is 51.2 Å². The van der Waals surface area contributed by atoms with Gasteiger partial charge in [0, 0.05) is 19.2 Å². The monoisotopic (exact) mass is 416 g/mol. The molecule has 1 aromatic carbocycles. The van der Waals surface area contributed by atoms with Crippen LogP contribution in [0.1, 0.15) is 49.4 Å². The van der Waals surface area contributed by atoms with Gasteiger partial charge in [-0.1, -0.05) is 74.7 Å². The van der Waals surface area contributed by atoms with E-state index in [9.17, 15) is 14.4 Å². The average molecular weight is 417 g/mol. The highest BCUT2D eigenvalue weighted by Gasteiger charge is 2.48. The number of nitrogens with zero attached hydrogens (tertiary/aromatic N) is 3. The summed E-state index contributed by atoms with van der Waals surface area (Å²) in [6.45, 7) is 2.86. The van der Waals surface area contributed by atoms with Crippen molar-refractivity contribution in [3.05, 3.63) is 35.9 Å². The van der Waals surface area contributed by atoms with Crippen LogP contribution in [0.25, 0.3) is 0 Å². The van der Waals surface area contributed by atoms with E-state index in [2.05, 4.69) is 17.2 Å². The molecule has 0 bridgehead atoms. The first-order valence-electron chi connectivity index (χ1n) is 10.2. The normalized spacial score (nSPS) is 21.1. The van der Waals surface area contributed by atoms with Crippen LogP contribution in [0.3, 0.4) is 0 Å². The molecule has 2 unspecified atom stereocenters. The number of aliphatic imine (C=N–C) groups is 1. The number of urea groups is 1. The number of hydrogen-bond donors (Lipinski definition) is 1. The third-order valence-corrected chi connectivity index (χ3v) is 6.26. The Hall–Kier alpha value is -2.35. The fraction of sp³-hybridized carbons (Fsp3) is 0.524. The van der Waals surface area contributed by atoms with Gasteiger partial charge in [0.05, 0.1) is 5.75 Å². The molecule has 3 amide bonds. The number of thioether (sulfide) groups is 1. The summed E-state index contributed by atoms with van der Waals surface area (Å²) < 4.78 is 0. The molecule has 7 nitrogen and oxygen atoms in total. The lowest BCUT2D eigenvalue weighted by atomic mass is 10.1. The summed E-state index contributed by atoms with van der Waals surface area (Å²) in [4.78, 5) is 45.1. The van der Waals surface area contributed by atoms with E-state index in [-0.39, 0.29) is 17.4 Å². The number of benzene rings is 1. The molecule has 8 heteroatoms. The zero-order valence-electron chi connectivity index (χ0n) is 17.0. The van der Waals surface area contributed by atoms with Crippen molar-refractivity contribution < 1.29 is 14.4 Å². The minimum Gasteiger partial charge on any atom is -0.336 e. The number of hydrogen-bond acceptors (Lipinski definition) is 6. The van der Waals surface area contributed by atoms with Gasteiger partial charge in [0.1, 0.15) is 0 Å². The molecule has 1 N–H and O–H groups in total. The van der Waals surface area contributed by atoms with E-state index in [1.54, 1.807) is 19.2 Å². The van der Waals surface area contributed by atoms with Crippen molar-refractivity contribution in [2.24, 2.45) is 4.99 Å². The Kier molecular flexibility index (Phi) is 7.30. The van der Waals surface area contributed by atoms with Crippen molar-refractivity contribution in [2.75, 3.05) is 19.3 Å². The van der Waals surface area contributed by atoms with Crippen molar-refractivity contribution in [1.29, 1.82) is 0 Å². The molecule has 156 valence electrons. The Bertz CT molecular complexity index is 783. The number of nitrogens with one attached hydrogen (secondary N) is 1. The van der Waals surface area contributed by atoms with Crippen LogP contribution >= 0.6 is 11.8 Å². The van der Waals surface area contributed by atoms with Crippen LogP contribution in [0.2, 0.25) is 0 Å². The maximum atomic E-state index is 12.5. The molecule has 1 fully saturated rings. The summed E-state index contributed by atoms with van der Waals surface area (Å²) in [6, 6.07) is 8.18. The smallest absolute Gasteiger partial charge is 0.325 e. The first-order valence-corrected chi connectivity index (χ1v) is 11.1. The van der Waals surface area contributed by atoms with Crippen LogP contribution in [0, 0.1) is 0 Å². The van der Waals surface area contributed by atoms with Crippen LogP contribution in [-0.4, -0.2) is 64.2 Å². The Balaban J connectivity index is 1.69. The largest absolute Gasteiger partial charge is 0.336 e. The molecule has 0 saturated carbocycles. The lowest BCUT2D eigenvalue weighted by Crippen LogP contribution is -2.63. The second kappa shape index (κ2) is 9.91. The number of imide groups is 1. The van der Waals surface area contributed by atoms with Gasteiger partial charge in [-0.3, -0.25) is 14.9 Å². The van der Waals surface area contributed by atoms with Gasteiger partial charge >= 0.3 is 6.03 Å². The maximum Gasteiger partial charge on any atom is 0.325 e.